The van der Waals surface area contributed by atoms with E-state index in [1.807, 2.05) is 14.0 Å². The Kier molecular flexibility index (Phi) is 2.46. The minimum atomic E-state index is 0.523. The van der Waals surface area contributed by atoms with Gasteiger partial charge in [0.2, 0.25) is 0 Å². The average molecular weight is 195 g/mol. The summed E-state index contributed by atoms with van der Waals surface area (Å²) in [5.41, 5.74) is 1.02. The first-order chi connectivity index (χ1) is 6.70. The fourth-order valence-corrected chi connectivity index (χ4v) is 2.04. The monoisotopic (exact) mass is 195 g/mol. The van der Waals surface area contributed by atoms with Crippen LogP contribution in [0.25, 0.3) is 0 Å². The summed E-state index contributed by atoms with van der Waals surface area (Å²) in [6, 6.07) is 0.632. The lowest BCUT2D eigenvalue weighted by Gasteiger charge is -2.07. The van der Waals surface area contributed by atoms with Crippen LogP contribution in [0.3, 0.4) is 0 Å². The SMILES string of the molecule is CNc1nc(C)c(C2CCN(C)C2)o1. The van der Waals surface area contributed by atoms with Crippen molar-refractivity contribution in [1.29, 1.82) is 0 Å². The Hall–Kier alpha value is -1.03. The maximum absolute atomic E-state index is 5.65. The predicted molar refractivity (Wildman–Crippen MR) is 55.6 cm³/mol. The molecule has 1 unspecified atom stereocenters. The highest BCUT2D eigenvalue weighted by atomic mass is 16.4. The molecule has 1 fully saturated rings. The second-order valence-electron chi connectivity index (χ2n) is 3.97. The Morgan fingerprint density at radius 1 is 1.57 bits per heavy atom. The lowest BCUT2D eigenvalue weighted by atomic mass is 10.1. The van der Waals surface area contributed by atoms with Crippen molar-refractivity contribution in [3.63, 3.8) is 0 Å². The second kappa shape index (κ2) is 3.61. The zero-order chi connectivity index (χ0) is 10.1. The molecule has 78 valence electrons. The number of nitrogens with zero attached hydrogens (tertiary/aromatic N) is 2. The quantitative estimate of drug-likeness (QED) is 0.775. The molecule has 0 radical (unpaired) electrons. The van der Waals surface area contributed by atoms with Gasteiger partial charge in [-0.15, -0.1) is 0 Å². The van der Waals surface area contributed by atoms with E-state index in [-0.39, 0.29) is 0 Å². The smallest absolute Gasteiger partial charge is 0.294 e. The van der Waals surface area contributed by atoms with Crippen molar-refractivity contribution in [3.8, 4) is 0 Å². The molecule has 1 aliphatic heterocycles. The highest BCUT2D eigenvalue weighted by Gasteiger charge is 2.26. The van der Waals surface area contributed by atoms with E-state index in [9.17, 15) is 0 Å². The molecule has 0 saturated carbocycles. The van der Waals surface area contributed by atoms with Crippen LogP contribution in [0.1, 0.15) is 23.8 Å². The summed E-state index contributed by atoms with van der Waals surface area (Å²) in [5.74, 6) is 1.58. The van der Waals surface area contributed by atoms with Gasteiger partial charge in [-0.3, -0.25) is 0 Å². The maximum atomic E-state index is 5.65. The van der Waals surface area contributed by atoms with Gasteiger partial charge in [0.15, 0.2) is 0 Å². The summed E-state index contributed by atoms with van der Waals surface area (Å²) < 4.78 is 5.65. The summed E-state index contributed by atoms with van der Waals surface area (Å²) in [4.78, 5) is 6.63. The minimum Gasteiger partial charge on any atom is -0.428 e. The third-order valence-corrected chi connectivity index (χ3v) is 2.81. The van der Waals surface area contributed by atoms with Crippen LogP contribution in [0.15, 0.2) is 4.42 Å². The van der Waals surface area contributed by atoms with Crippen LogP contribution in [-0.2, 0) is 0 Å². The van der Waals surface area contributed by atoms with Crippen LogP contribution < -0.4 is 5.32 Å². The first kappa shape index (κ1) is 9.52. The number of likely N-dealkylation sites (tertiary alicyclic amines) is 1. The zero-order valence-electron chi connectivity index (χ0n) is 9.00. The molecule has 0 spiro atoms. The zero-order valence-corrected chi connectivity index (χ0v) is 9.00. The number of likely N-dealkylation sites (N-methyl/N-ethyl adjacent to an activating group) is 1. The Labute approximate surface area is 84.3 Å². The molecule has 2 heterocycles. The lowest BCUT2D eigenvalue weighted by molar-refractivity contribution is 0.397. The molecule has 0 aliphatic carbocycles. The molecule has 0 aromatic carbocycles. The number of rotatable bonds is 2. The van der Waals surface area contributed by atoms with Crippen molar-refractivity contribution in [1.82, 2.24) is 9.88 Å². The third kappa shape index (κ3) is 1.62. The van der Waals surface area contributed by atoms with Crippen molar-refractivity contribution in [3.05, 3.63) is 11.5 Å². The van der Waals surface area contributed by atoms with Crippen molar-refractivity contribution >= 4 is 6.01 Å². The van der Waals surface area contributed by atoms with Gasteiger partial charge in [-0.1, -0.05) is 0 Å². The van der Waals surface area contributed by atoms with Crippen LogP contribution in [0.4, 0.5) is 6.01 Å². The third-order valence-electron chi connectivity index (χ3n) is 2.81. The topological polar surface area (TPSA) is 41.3 Å². The lowest BCUT2D eigenvalue weighted by Crippen LogP contribution is -2.13. The largest absolute Gasteiger partial charge is 0.428 e. The number of anilines is 1. The van der Waals surface area contributed by atoms with Gasteiger partial charge in [0, 0.05) is 19.5 Å². The second-order valence-corrected chi connectivity index (χ2v) is 3.97. The Balaban J connectivity index is 2.19. The van der Waals surface area contributed by atoms with E-state index in [1.54, 1.807) is 0 Å². The maximum Gasteiger partial charge on any atom is 0.294 e. The van der Waals surface area contributed by atoms with Crippen molar-refractivity contribution in [2.45, 2.75) is 19.3 Å². The van der Waals surface area contributed by atoms with Crippen molar-refractivity contribution in [2.24, 2.45) is 0 Å². The summed E-state index contributed by atoms with van der Waals surface area (Å²) in [6.45, 7) is 4.25. The highest BCUT2D eigenvalue weighted by molar-refractivity contribution is 5.26. The molecule has 1 N–H and O–H groups in total. The summed E-state index contributed by atoms with van der Waals surface area (Å²) in [7, 11) is 3.97. The summed E-state index contributed by atoms with van der Waals surface area (Å²) in [6.07, 6.45) is 1.18. The van der Waals surface area contributed by atoms with Gasteiger partial charge in [0.25, 0.3) is 6.01 Å². The molecule has 4 nitrogen and oxygen atoms in total. The molecule has 0 amide bonds. The van der Waals surface area contributed by atoms with E-state index < -0.39 is 0 Å². The first-order valence-electron chi connectivity index (χ1n) is 5.04. The molecular weight excluding hydrogens is 178 g/mol. The predicted octanol–water partition coefficient (Wildman–Crippen LogP) is 1.44. The summed E-state index contributed by atoms with van der Waals surface area (Å²) in [5, 5.41) is 2.93. The van der Waals surface area contributed by atoms with Gasteiger partial charge in [-0.25, -0.2) is 0 Å². The first-order valence-corrected chi connectivity index (χ1v) is 5.04. The molecule has 1 atom stereocenters. The number of oxazole rings is 1. The van der Waals surface area contributed by atoms with E-state index in [2.05, 4.69) is 22.2 Å². The molecule has 4 heteroatoms. The normalized spacial score (nSPS) is 22.9. The van der Waals surface area contributed by atoms with Crippen LogP contribution in [0.2, 0.25) is 0 Å². The van der Waals surface area contributed by atoms with Crippen LogP contribution in [-0.4, -0.2) is 37.1 Å². The van der Waals surface area contributed by atoms with Crippen molar-refractivity contribution < 1.29 is 4.42 Å². The highest BCUT2D eigenvalue weighted by Crippen LogP contribution is 2.30. The van der Waals surface area contributed by atoms with E-state index in [0.717, 1.165) is 24.5 Å². The van der Waals surface area contributed by atoms with Gasteiger partial charge in [0.1, 0.15) is 5.76 Å². The minimum absolute atomic E-state index is 0.523. The standard InChI is InChI=1S/C10H17N3O/c1-7-9(14-10(11-2)12-7)8-4-5-13(3)6-8/h8H,4-6H2,1-3H3,(H,11,12). The molecule has 1 aromatic heterocycles. The van der Waals surface area contributed by atoms with Crippen LogP contribution >= 0.6 is 0 Å². The van der Waals surface area contributed by atoms with Gasteiger partial charge >= 0.3 is 0 Å². The van der Waals surface area contributed by atoms with Crippen molar-refractivity contribution in [2.75, 3.05) is 32.5 Å². The van der Waals surface area contributed by atoms with Gasteiger partial charge < -0.3 is 14.6 Å². The fraction of sp³-hybridized carbons (Fsp3) is 0.700. The van der Waals surface area contributed by atoms with Gasteiger partial charge in [-0.05, 0) is 26.9 Å². The molecule has 1 aliphatic rings. The van der Waals surface area contributed by atoms with E-state index in [1.165, 1.54) is 6.42 Å². The number of hydrogen-bond acceptors (Lipinski definition) is 4. The average Bonchev–Trinajstić information content (AvgIpc) is 2.71. The van der Waals surface area contributed by atoms with Gasteiger partial charge in [0.05, 0.1) is 5.69 Å². The Morgan fingerprint density at radius 3 is 2.86 bits per heavy atom. The fourth-order valence-electron chi connectivity index (χ4n) is 2.04. The molecule has 14 heavy (non-hydrogen) atoms. The molecule has 2 rings (SSSR count). The molecule has 1 saturated heterocycles. The van der Waals surface area contributed by atoms with Gasteiger partial charge in [-0.2, -0.15) is 4.98 Å². The summed E-state index contributed by atoms with van der Waals surface area (Å²) >= 11 is 0. The Morgan fingerprint density at radius 2 is 2.36 bits per heavy atom. The van der Waals surface area contributed by atoms with E-state index in [4.69, 9.17) is 4.42 Å². The Bertz CT molecular complexity index is 321. The number of hydrogen-bond donors (Lipinski definition) is 1. The van der Waals surface area contributed by atoms with Crippen LogP contribution in [0.5, 0.6) is 0 Å². The van der Waals surface area contributed by atoms with Crippen LogP contribution in [0, 0.1) is 6.92 Å². The van der Waals surface area contributed by atoms with E-state index >= 15 is 0 Å². The number of aryl methyl sites for hydroxylation is 1. The number of nitrogens with one attached hydrogen (secondary N) is 1. The molecule has 1 aromatic rings. The molecule has 0 bridgehead atoms. The molecular formula is C10H17N3O. The van der Waals surface area contributed by atoms with E-state index in [0.29, 0.717) is 11.9 Å². The number of aromatic nitrogens is 1.